The van der Waals surface area contributed by atoms with E-state index in [2.05, 4.69) is 15.0 Å². The van der Waals surface area contributed by atoms with E-state index in [1.165, 1.54) is 13.0 Å². The van der Waals surface area contributed by atoms with Crippen LogP contribution in [0.1, 0.15) is 20.1 Å². The van der Waals surface area contributed by atoms with Crippen molar-refractivity contribution >= 4 is 36.7 Å². The predicted octanol–water partition coefficient (Wildman–Crippen LogP) is 1.18. The first-order valence-corrected chi connectivity index (χ1v) is 10.2. The molecule has 5 atom stereocenters. The van der Waals surface area contributed by atoms with Crippen LogP contribution in [0.3, 0.4) is 0 Å². The van der Waals surface area contributed by atoms with E-state index in [0.717, 1.165) is 0 Å². The number of ether oxygens (including phenoxy) is 2. The van der Waals surface area contributed by atoms with Gasteiger partial charge >= 0.3 is 0 Å². The molecule has 10 nitrogen and oxygen atoms in total. The Kier molecular flexibility index (Phi) is 5.41. The predicted molar refractivity (Wildman–Crippen MR) is 96.0 cm³/mol. The number of halogens is 1. The first kappa shape index (κ1) is 19.3. The molecule has 3 rings (SSSR count). The van der Waals surface area contributed by atoms with E-state index in [9.17, 15) is 9.67 Å². The molecule has 12 heteroatoms. The van der Waals surface area contributed by atoms with Crippen molar-refractivity contribution in [3.63, 3.8) is 0 Å². The summed E-state index contributed by atoms with van der Waals surface area (Å²) in [5.41, 5.74) is 6.55. The van der Waals surface area contributed by atoms with Crippen molar-refractivity contribution in [1.82, 2.24) is 19.5 Å². The standard InChI is InChI=1S/C14H21ClN5O5P/c1-4-23-11-8-10(18-13(16)19-11)20(6-17-8)12-14(2,15)9(21)7(25-12)5-24-26(3)22/h6-7,9,12,21,26H,4-5H2,1-3H3,(H2,16,18,19)/t7-,9-,12?,14-/m1/s1. The van der Waals surface area contributed by atoms with Crippen LogP contribution in [0.25, 0.3) is 11.2 Å². The zero-order valence-corrected chi connectivity index (χ0v) is 16.3. The van der Waals surface area contributed by atoms with E-state index in [1.54, 1.807) is 11.5 Å². The van der Waals surface area contributed by atoms with Crippen molar-refractivity contribution in [3.8, 4) is 5.88 Å². The number of aliphatic hydroxyl groups is 1. The number of hydrogen-bond donors (Lipinski definition) is 2. The first-order valence-electron chi connectivity index (χ1n) is 8.04. The second kappa shape index (κ2) is 7.28. The summed E-state index contributed by atoms with van der Waals surface area (Å²) >= 11 is 6.57. The molecule has 0 spiro atoms. The maximum atomic E-state index is 11.2. The van der Waals surface area contributed by atoms with Crippen molar-refractivity contribution in [2.24, 2.45) is 0 Å². The van der Waals surface area contributed by atoms with E-state index in [4.69, 9.17) is 31.3 Å². The number of alkyl halides is 1. The fourth-order valence-electron chi connectivity index (χ4n) is 2.87. The average Bonchev–Trinajstić information content (AvgIpc) is 3.06. The summed E-state index contributed by atoms with van der Waals surface area (Å²) in [7, 11) is -2.16. The molecule has 1 fully saturated rings. The van der Waals surface area contributed by atoms with Gasteiger partial charge in [0.05, 0.1) is 19.5 Å². The number of nitrogen functional groups attached to an aromatic ring is 1. The van der Waals surface area contributed by atoms with Crippen molar-refractivity contribution < 1.29 is 23.7 Å². The van der Waals surface area contributed by atoms with Gasteiger partial charge in [-0.15, -0.1) is 11.6 Å². The Morgan fingerprint density at radius 1 is 1.54 bits per heavy atom. The third kappa shape index (κ3) is 3.39. The van der Waals surface area contributed by atoms with Crippen molar-refractivity contribution in [2.45, 2.75) is 37.2 Å². The second-order valence-electron chi connectivity index (χ2n) is 6.07. The zero-order valence-electron chi connectivity index (χ0n) is 14.5. The lowest BCUT2D eigenvalue weighted by atomic mass is 10.0. The van der Waals surface area contributed by atoms with Crippen LogP contribution in [-0.4, -0.2) is 61.6 Å². The second-order valence-corrected chi connectivity index (χ2v) is 8.16. The highest BCUT2D eigenvalue weighted by atomic mass is 35.5. The van der Waals surface area contributed by atoms with Gasteiger partial charge in [0.1, 0.15) is 17.1 Å². The van der Waals surface area contributed by atoms with Crippen LogP contribution in [0.5, 0.6) is 5.88 Å². The molecule has 1 aliphatic rings. The highest BCUT2D eigenvalue weighted by molar-refractivity contribution is 7.38. The van der Waals surface area contributed by atoms with Crippen LogP contribution in [0, 0.1) is 0 Å². The van der Waals surface area contributed by atoms with Gasteiger partial charge in [-0.25, -0.2) is 4.98 Å². The number of anilines is 1. The molecule has 0 aliphatic carbocycles. The molecule has 0 saturated carbocycles. The average molecular weight is 406 g/mol. The van der Waals surface area contributed by atoms with Crippen LogP contribution in [-0.2, 0) is 13.8 Å². The minimum Gasteiger partial charge on any atom is -0.476 e. The Hall–Kier alpha value is -1.45. The lowest BCUT2D eigenvalue weighted by Crippen LogP contribution is -2.39. The van der Waals surface area contributed by atoms with Gasteiger partial charge in [-0.2, -0.15) is 9.97 Å². The first-order chi connectivity index (χ1) is 12.3. The number of aliphatic hydroxyl groups excluding tert-OH is 1. The number of nitrogens with zero attached hydrogens (tertiary/aromatic N) is 4. The van der Waals surface area contributed by atoms with Crippen molar-refractivity contribution in [1.29, 1.82) is 0 Å². The van der Waals surface area contributed by atoms with Gasteiger partial charge in [-0.1, -0.05) is 0 Å². The summed E-state index contributed by atoms with van der Waals surface area (Å²) < 4.78 is 29.3. The van der Waals surface area contributed by atoms with E-state index in [-0.39, 0.29) is 18.4 Å². The molecule has 26 heavy (non-hydrogen) atoms. The van der Waals surface area contributed by atoms with Crippen LogP contribution in [0.4, 0.5) is 5.95 Å². The SMILES string of the molecule is CCOc1nc(N)nc2c1ncn2C1O[C@H](CO[PH](C)=O)[C@@H](O)[C@@]1(C)Cl. The molecule has 0 bridgehead atoms. The summed E-state index contributed by atoms with van der Waals surface area (Å²) in [5.74, 6) is 0.273. The van der Waals surface area contributed by atoms with Gasteiger partial charge in [-0.3, -0.25) is 9.13 Å². The highest BCUT2D eigenvalue weighted by Crippen LogP contribution is 2.45. The Labute approximate surface area is 155 Å². The largest absolute Gasteiger partial charge is 0.476 e. The topological polar surface area (TPSA) is 135 Å². The smallest absolute Gasteiger partial charge is 0.247 e. The number of fused-ring (bicyclic) bond motifs is 1. The van der Waals surface area contributed by atoms with E-state index in [0.29, 0.717) is 17.8 Å². The van der Waals surface area contributed by atoms with Gasteiger partial charge in [0.15, 0.2) is 25.4 Å². The Balaban J connectivity index is 1.99. The van der Waals surface area contributed by atoms with E-state index < -0.39 is 31.3 Å². The molecule has 0 aromatic carbocycles. The molecule has 144 valence electrons. The van der Waals surface area contributed by atoms with Crippen molar-refractivity contribution in [2.75, 3.05) is 25.6 Å². The summed E-state index contributed by atoms with van der Waals surface area (Å²) in [6.07, 6.45) is -1.13. The van der Waals surface area contributed by atoms with Gasteiger partial charge in [0.2, 0.25) is 11.8 Å². The lowest BCUT2D eigenvalue weighted by molar-refractivity contribution is -0.0378. The molecule has 1 saturated heterocycles. The molecule has 1 aliphatic heterocycles. The summed E-state index contributed by atoms with van der Waals surface area (Å²) in [6.45, 7) is 5.26. The monoisotopic (exact) mass is 405 g/mol. The maximum absolute atomic E-state index is 11.2. The molecular formula is C14H21ClN5O5P. The number of nitrogens with two attached hydrogens (primary N) is 1. The molecule has 0 amide bonds. The van der Waals surface area contributed by atoms with E-state index >= 15 is 0 Å². The number of hydrogen-bond acceptors (Lipinski definition) is 9. The van der Waals surface area contributed by atoms with Gasteiger partial charge in [0.25, 0.3) is 0 Å². The van der Waals surface area contributed by atoms with Gasteiger partial charge < -0.3 is 24.8 Å². The van der Waals surface area contributed by atoms with Crippen LogP contribution in [0.15, 0.2) is 6.33 Å². The summed E-state index contributed by atoms with van der Waals surface area (Å²) in [5, 5.41) is 10.5. The molecule has 2 aromatic heterocycles. The zero-order chi connectivity index (χ0) is 19.1. The van der Waals surface area contributed by atoms with Crippen molar-refractivity contribution in [3.05, 3.63) is 6.33 Å². The number of aromatic nitrogens is 4. The fourth-order valence-corrected chi connectivity index (χ4v) is 3.56. The van der Waals surface area contributed by atoms with Gasteiger partial charge in [0, 0.05) is 6.66 Å². The third-order valence-electron chi connectivity index (χ3n) is 4.11. The van der Waals surface area contributed by atoms with Gasteiger partial charge in [-0.05, 0) is 13.8 Å². The summed E-state index contributed by atoms with van der Waals surface area (Å²) in [6, 6.07) is 0. The molecular weight excluding hydrogens is 385 g/mol. The fraction of sp³-hybridized carbons (Fsp3) is 0.643. The number of rotatable bonds is 6. The minimum atomic E-state index is -2.16. The normalized spacial score (nSPS) is 30.0. The molecule has 3 N–H and O–H groups in total. The minimum absolute atomic E-state index is 0.0157. The van der Waals surface area contributed by atoms with Crippen LogP contribution in [0.2, 0.25) is 0 Å². The quantitative estimate of drug-likeness (QED) is 0.536. The Morgan fingerprint density at radius 3 is 2.92 bits per heavy atom. The summed E-state index contributed by atoms with van der Waals surface area (Å²) in [4.78, 5) is 11.3. The molecule has 2 unspecified atom stereocenters. The lowest BCUT2D eigenvalue weighted by Gasteiger charge is -2.26. The number of imidazole rings is 1. The Morgan fingerprint density at radius 2 is 2.27 bits per heavy atom. The molecule has 0 radical (unpaired) electrons. The maximum Gasteiger partial charge on any atom is 0.247 e. The van der Waals surface area contributed by atoms with Crippen LogP contribution < -0.4 is 10.5 Å². The third-order valence-corrected chi connectivity index (χ3v) is 5.09. The van der Waals surface area contributed by atoms with E-state index in [1.807, 2.05) is 6.92 Å². The Bertz CT molecular complexity index is 831. The molecule has 3 heterocycles. The molecule has 2 aromatic rings. The van der Waals surface area contributed by atoms with Crippen LogP contribution >= 0.6 is 19.6 Å². The highest BCUT2D eigenvalue weighted by Gasteiger charge is 2.53.